The van der Waals surface area contributed by atoms with E-state index in [1.165, 1.54) is 16.7 Å². The highest BCUT2D eigenvalue weighted by Crippen LogP contribution is 2.33. The van der Waals surface area contributed by atoms with Crippen LogP contribution >= 0.6 is 0 Å². The second kappa shape index (κ2) is 2.27. The van der Waals surface area contributed by atoms with Gasteiger partial charge in [-0.05, 0) is 36.6 Å². The number of hydrogen-bond donors (Lipinski definition) is 2. The maximum Gasteiger partial charge on any atom is 0.108 e. The van der Waals surface area contributed by atoms with E-state index in [0.29, 0.717) is 0 Å². The zero-order valence-electron chi connectivity index (χ0n) is 7.31. The lowest BCUT2D eigenvalue weighted by molar-refractivity contribution is 1.32. The highest BCUT2D eigenvalue weighted by atomic mass is 14.8. The number of hydrogen-bond acceptors (Lipinski definition) is 1. The summed E-state index contributed by atoms with van der Waals surface area (Å²) in [6, 6.07) is 4.21. The number of H-pyrrole nitrogens is 1. The topological polar surface area (TPSA) is 41.8 Å². The molecule has 2 nitrogen and oxygen atoms in total. The van der Waals surface area contributed by atoms with Gasteiger partial charge in [-0.2, -0.15) is 0 Å². The Kier molecular flexibility index (Phi) is 1.37. The third-order valence-corrected chi connectivity index (χ3v) is 2.40. The van der Waals surface area contributed by atoms with Crippen LogP contribution in [0.25, 0.3) is 11.1 Å². The lowest BCUT2D eigenvalue weighted by atomic mass is 10.1. The third-order valence-electron chi connectivity index (χ3n) is 2.40. The highest BCUT2D eigenvalue weighted by molar-refractivity contribution is 5.81. The molecule has 0 fully saturated rings. The van der Waals surface area contributed by atoms with E-state index in [-0.39, 0.29) is 0 Å². The lowest BCUT2D eigenvalue weighted by Gasteiger charge is -2.03. The summed E-state index contributed by atoms with van der Waals surface area (Å²) in [7, 11) is 0. The number of nitrogens with two attached hydrogens (primary N) is 1. The largest absolute Gasteiger partial charge is 0.385 e. The molecule has 0 atom stereocenters. The summed E-state index contributed by atoms with van der Waals surface area (Å²) in [4.78, 5) is 3.01. The molecule has 2 rings (SSSR count). The number of nitrogen functional groups attached to an aromatic ring is 1. The molecule has 12 heavy (non-hydrogen) atoms. The summed E-state index contributed by atoms with van der Waals surface area (Å²) in [5.74, 6) is 0.762. The number of anilines is 1. The van der Waals surface area contributed by atoms with Crippen molar-refractivity contribution in [2.75, 3.05) is 5.73 Å². The monoisotopic (exact) mass is 160 g/mol. The molecular weight excluding hydrogens is 148 g/mol. The quantitative estimate of drug-likeness (QED) is 0.610. The molecule has 0 aromatic heterocycles. The van der Waals surface area contributed by atoms with Crippen molar-refractivity contribution in [3.8, 4) is 11.1 Å². The van der Waals surface area contributed by atoms with E-state index in [1.54, 1.807) is 0 Å². The molecular formula is C10H12N2. The fraction of sp³-hybridized carbons (Fsp3) is 0.200. The first-order valence-corrected chi connectivity index (χ1v) is 4.03. The fourth-order valence-electron chi connectivity index (χ4n) is 1.61. The van der Waals surface area contributed by atoms with Gasteiger partial charge >= 0.3 is 0 Å². The minimum absolute atomic E-state index is 0.762. The average Bonchev–Trinajstić information content (AvgIpc) is 2.29. The molecule has 1 heterocycles. The van der Waals surface area contributed by atoms with Crippen molar-refractivity contribution in [1.29, 1.82) is 0 Å². The SMILES string of the molecule is Cc1cc2cc[nH]c(N)c-2c1C. The smallest absolute Gasteiger partial charge is 0.108 e. The summed E-state index contributed by atoms with van der Waals surface area (Å²) in [6.07, 6.45) is 1.87. The molecule has 0 amide bonds. The fourth-order valence-corrected chi connectivity index (χ4v) is 1.61. The molecule has 0 aromatic rings. The third kappa shape index (κ3) is 0.811. The Hall–Kier alpha value is -1.44. The predicted molar refractivity (Wildman–Crippen MR) is 51.3 cm³/mol. The van der Waals surface area contributed by atoms with Gasteiger partial charge in [0.25, 0.3) is 0 Å². The zero-order chi connectivity index (χ0) is 8.72. The summed E-state index contributed by atoms with van der Waals surface area (Å²) >= 11 is 0. The Bertz CT molecular complexity index is 387. The van der Waals surface area contributed by atoms with E-state index >= 15 is 0 Å². The first-order chi connectivity index (χ1) is 5.70. The van der Waals surface area contributed by atoms with E-state index < -0.39 is 0 Å². The second-order valence-corrected chi connectivity index (χ2v) is 3.17. The van der Waals surface area contributed by atoms with Crippen LogP contribution in [0.15, 0.2) is 18.3 Å². The van der Waals surface area contributed by atoms with Crippen LogP contribution in [-0.4, -0.2) is 4.98 Å². The van der Waals surface area contributed by atoms with Gasteiger partial charge in [-0.15, -0.1) is 0 Å². The summed E-state index contributed by atoms with van der Waals surface area (Å²) in [5, 5.41) is 0. The van der Waals surface area contributed by atoms with Crippen molar-refractivity contribution < 1.29 is 0 Å². The molecule has 1 aliphatic carbocycles. The molecule has 0 saturated carbocycles. The Morgan fingerprint density at radius 1 is 1.33 bits per heavy atom. The number of pyridine rings is 1. The predicted octanol–water partition coefficient (Wildman–Crippen LogP) is 2.32. The van der Waals surface area contributed by atoms with Crippen LogP contribution < -0.4 is 5.73 Å². The minimum atomic E-state index is 0.762. The molecule has 0 spiro atoms. The maximum absolute atomic E-state index is 5.81. The molecule has 1 aliphatic heterocycles. The van der Waals surface area contributed by atoms with E-state index in [0.717, 1.165) is 11.4 Å². The van der Waals surface area contributed by atoms with Crippen molar-refractivity contribution in [3.05, 3.63) is 29.5 Å². The summed E-state index contributed by atoms with van der Waals surface area (Å²) < 4.78 is 0. The highest BCUT2D eigenvalue weighted by Gasteiger charge is 2.11. The van der Waals surface area contributed by atoms with Gasteiger partial charge in [0.05, 0.1) is 0 Å². The Morgan fingerprint density at radius 2 is 2.08 bits per heavy atom. The number of fused-ring (bicyclic) bond motifs is 1. The first kappa shape index (κ1) is 7.22. The zero-order valence-corrected chi connectivity index (χ0v) is 7.31. The van der Waals surface area contributed by atoms with Crippen molar-refractivity contribution in [1.82, 2.24) is 4.98 Å². The van der Waals surface area contributed by atoms with Gasteiger partial charge in [0.2, 0.25) is 0 Å². The normalized spacial score (nSPS) is 10.8. The molecule has 3 N–H and O–H groups in total. The number of aromatic nitrogens is 1. The van der Waals surface area contributed by atoms with Crippen LogP contribution in [0.5, 0.6) is 0 Å². The van der Waals surface area contributed by atoms with E-state index in [4.69, 9.17) is 5.73 Å². The summed E-state index contributed by atoms with van der Waals surface area (Å²) in [6.45, 7) is 4.20. The van der Waals surface area contributed by atoms with Gasteiger partial charge in [-0.25, -0.2) is 0 Å². The van der Waals surface area contributed by atoms with Crippen LogP contribution in [0, 0.1) is 13.8 Å². The molecule has 62 valence electrons. The Morgan fingerprint density at radius 3 is 2.75 bits per heavy atom. The molecule has 0 aromatic carbocycles. The van der Waals surface area contributed by atoms with Crippen molar-refractivity contribution in [3.63, 3.8) is 0 Å². The number of aryl methyl sites for hydroxylation is 1. The number of nitrogens with one attached hydrogen (secondary N) is 1. The van der Waals surface area contributed by atoms with E-state index in [1.807, 2.05) is 12.3 Å². The molecule has 2 heteroatoms. The van der Waals surface area contributed by atoms with Gasteiger partial charge in [0.1, 0.15) is 5.82 Å². The van der Waals surface area contributed by atoms with Gasteiger partial charge in [-0.3, -0.25) is 0 Å². The number of rotatable bonds is 0. The van der Waals surface area contributed by atoms with Gasteiger partial charge in [0, 0.05) is 11.8 Å². The first-order valence-electron chi connectivity index (χ1n) is 4.03. The Labute approximate surface area is 71.7 Å². The Balaban J connectivity index is 2.85. The molecule has 0 radical (unpaired) electrons. The van der Waals surface area contributed by atoms with Crippen LogP contribution in [0.3, 0.4) is 0 Å². The van der Waals surface area contributed by atoms with Crippen LogP contribution in [0.2, 0.25) is 0 Å². The van der Waals surface area contributed by atoms with Crippen molar-refractivity contribution in [2.45, 2.75) is 13.8 Å². The van der Waals surface area contributed by atoms with Crippen LogP contribution in [0.4, 0.5) is 5.82 Å². The van der Waals surface area contributed by atoms with Crippen molar-refractivity contribution in [2.24, 2.45) is 0 Å². The van der Waals surface area contributed by atoms with E-state index in [2.05, 4.69) is 24.9 Å². The summed E-state index contributed by atoms with van der Waals surface area (Å²) in [5.41, 5.74) is 10.8. The lowest BCUT2D eigenvalue weighted by Crippen LogP contribution is -1.93. The molecule has 0 bridgehead atoms. The van der Waals surface area contributed by atoms with E-state index in [9.17, 15) is 0 Å². The number of aromatic amines is 1. The average molecular weight is 160 g/mol. The molecule has 0 saturated heterocycles. The van der Waals surface area contributed by atoms with Gasteiger partial charge in [-0.1, -0.05) is 6.07 Å². The molecule has 0 unspecified atom stereocenters. The standard InChI is InChI=1S/C10H12N2/c1-6-5-8-3-4-12-10(11)9(8)7(6)2/h3-5,12H,11H2,1-2H3. The minimum Gasteiger partial charge on any atom is -0.385 e. The van der Waals surface area contributed by atoms with Crippen LogP contribution in [-0.2, 0) is 0 Å². The van der Waals surface area contributed by atoms with Gasteiger partial charge < -0.3 is 10.7 Å². The van der Waals surface area contributed by atoms with Crippen molar-refractivity contribution >= 4 is 5.82 Å². The maximum atomic E-state index is 5.81. The van der Waals surface area contributed by atoms with Gasteiger partial charge in [0.15, 0.2) is 0 Å². The van der Waals surface area contributed by atoms with Crippen LogP contribution in [0.1, 0.15) is 11.1 Å². The second-order valence-electron chi connectivity index (χ2n) is 3.17. The molecule has 2 aliphatic rings.